The number of hydrogen-bond acceptors (Lipinski definition) is 4. The first-order valence-electron chi connectivity index (χ1n) is 9.13. The summed E-state index contributed by atoms with van der Waals surface area (Å²) in [6.45, 7) is 1.89. The number of aromatic nitrogens is 2. The third kappa shape index (κ3) is 2.39. The van der Waals surface area contributed by atoms with Gasteiger partial charge in [0.15, 0.2) is 5.78 Å². The van der Waals surface area contributed by atoms with Crippen LogP contribution in [0.25, 0.3) is 5.70 Å². The standard InChI is InChI=1S/C22H16ClN3O3/c1-10-7-8-11(9-14(10)23)15-16-18(12-5-3-4-6-13(12)19(16)27)24-20-17(15)21(28)25-22(29)26(20)2/h3-9,15,24H,1-2H3,(H,25,28,29)/t15-/m1/s1. The molecule has 0 saturated carbocycles. The Morgan fingerprint density at radius 2 is 1.76 bits per heavy atom. The predicted molar refractivity (Wildman–Crippen MR) is 112 cm³/mol. The van der Waals surface area contributed by atoms with Crippen molar-refractivity contribution in [3.05, 3.63) is 102 Å². The number of allylic oxidation sites excluding steroid dienone is 1. The highest BCUT2D eigenvalue weighted by atomic mass is 35.5. The van der Waals surface area contributed by atoms with Gasteiger partial charge < -0.3 is 5.32 Å². The Bertz CT molecular complexity index is 1380. The molecule has 6 nitrogen and oxygen atoms in total. The Morgan fingerprint density at radius 1 is 1.03 bits per heavy atom. The second kappa shape index (κ2) is 6.06. The van der Waals surface area contributed by atoms with Crippen molar-refractivity contribution in [2.75, 3.05) is 5.32 Å². The molecule has 5 rings (SSSR count). The molecule has 0 saturated heterocycles. The number of nitrogens with one attached hydrogen (secondary N) is 2. The molecule has 7 heteroatoms. The lowest BCUT2D eigenvalue weighted by molar-refractivity contribution is 0.103. The SMILES string of the molecule is Cc1ccc([C@@H]2C3=C(Nc4c2c(=O)[nH]c(=O)n4C)c2ccccc2C3=O)cc1Cl. The number of rotatable bonds is 1. The number of hydrogen-bond donors (Lipinski definition) is 2. The van der Waals surface area contributed by atoms with E-state index in [2.05, 4.69) is 10.3 Å². The third-order valence-corrected chi connectivity index (χ3v) is 6.07. The number of fused-ring (bicyclic) bond motifs is 3. The van der Waals surface area contributed by atoms with Crippen LogP contribution in [0.2, 0.25) is 5.02 Å². The zero-order chi connectivity index (χ0) is 20.4. The van der Waals surface area contributed by atoms with Gasteiger partial charge in [-0.3, -0.25) is 19.1 Å². The van der Waals surface area contributed by atoms with E-state index in [0.29, 0.717) is 33.2 Å². The molecule has 3 aromatic rings. The van der Waals surface area contributed by atoms with E-state index in [0.717, 1.165) is 16.7 Å². The fourth-order valence-corrected chi connectivity index (χ4v) is 4.34. The quantitative estimate of drug-likeness (QED) is 0.651. The number of anilines is 1. The van der Waals surface area contributed by atoms with Crippen molar-refractivity contribution in [2.24, 2.45) is 7.05 Å². The lowest BCUT2D eigenvalue weighted by Gasteiger charge is -2.29. The first kappa shape index (κ1) is 17.7. The van der Waals surface area contributed by atoms with Crippen molar-refractivity contribution in [2.45, 2.75) is 12.8 Å². The molecule has 144 valence electrons. The van der Waals surface area contributed by atoms with Gasteiger partial charge in [0, 0.05) is 34.7 Å². The van der Waals surface area contributed by atoms with Crippen LogP contribution in [-0.2, 0) is 7.05 Å². The van der Waals surface area contributed by atoms with Gasteiger partial charge in [0.05, 0.1) is 11.3 Å². The van der Waals surface area contributed by atoms with Crippen LogP contribution in [-0.4, -0.2) is 15.3 Å². The molecule has 1 aliphatic heterocycles. The van der Waals surface area contributed by atoms with Crippen molar-refractivity contribution in [3.63, 3.8) is 0 Å². The fourth-order valence-electron chi connectivity index (χ4n) is 4.15. The Balaban J connectivity index is 1.88. The number of aromatic amines is 1. The van der Waals surface area contributed by atoms with Gasteiger partial charge in [0.1, 0.15) is 5.82 Å². The number of carbonyl (C=O) groups excluding carboxylic acids is 1. The smallest absolute Gasteiger partial charge is 0.329 e. The minimum atomic E-state index is -0.644. The van der Waals surface area contributed by atoms with Gasteiger partial charge in [-0.1, -0.05) is 48.0 Å². The number of H-pyrrole nitrogens is 1. The number of aryl methyl sites for hydroxylation is 1. The number of ketones is 1. The van der Waals surface area contributed by atoms with Crippen molar-refractivity contribution >= 4 is 28.9 Å². The molecular weight excluding hydrogens is 390 g/mol. The van der Waals surface area contributed by atoms with Crippen molar-refractivity contribution in [3.8, 4) is 0 Å². The maximum absolute atomic E-state index is 13.3. The largest absolute Gasteiger partial charge is 0.340 e. The molecule has 0 unspecified atom stereocenters. The summed E-state index contributed by atoms with van der Waals surface area (Å²) in [6, 6.07) is 12.8. The van der Waals surface area contributed by atoms with Crippen LogP contribution in [0.1, 0.15) is 38.5 Å². The van der Waals surface area contributed by atoms with Crippen molar-refractivity contribution < 1.29 is 4.79 Å². The maximum atomic E-state index is 13.3. The summed E-state index contributed by atoms with van der Waals surface area (Å²) in [5.41, 5.74) is 3.35. The van der Waals surface area contributed by atoms with Gasteiger partial charge in [0.2, 0.25) is 0 Å². The summed E-state index contributed by atoms with van der Waals surface area (Å²) in [7, 11) is 1.58. The van der Waals surface area contributed by atoms with E-state index >= 15 is 0 Å². The highest BCUT2D eigenvalue weighted by Gasteiger charge is 2.42. The van der Waals surface area contributed by atoms with Crippen molar-refractivity contribution in [1.82, 2.24) is 9.55 Å². The fraction of sp³-hybridized carbons (Fsp3) is 0.136. The Kier molecular flexibility index (Phi) is 3.70. The van der Waals surface area contributed by atoms with Crippen molar-refractivity contribution in [1.29, 1.82) is 0 Å². The number of Topliss-reactive ketones (excluding diaryl/α,β-unsaturated/α-hetero) is 1. The molecular formula is C22H16ClN3O3. The van der Waals surface area contributed by atoms with Gasteiger partial charge in [-0.05, 0) is 24.1 Å². The van der Waals surface area contributed by atoms with E-state index in [1.807, 2.05) is 37.3 Å². The van der Waals surface area contributed by atoms with Crippen LogP contribution in [0.15, 0.2) is 57.6 Å². The monoisotopic (exact) mass is 405 g/mol. The van der Waals surface area contributed by atoms with Gasteiger partial charge in [0.25, 0.3) is 5.56 Å². The molecule has 1 aliphatic carbocycles. The molecule has 1 aromatic heterocycles. The summed E-state index contributed by atoms with van der Waals surface area (Å²) in [5, 5.41) is 3.74. The first-order chi connectivity index (χ1) is 13.9. The van der Waals surface area contributed by atoms with Crippen LogP contribution in [0.5, 0.6) is 0 Å². The van der Waals surface area contributed by atoms with E-state index in [4.69, 9.17) is 11.6 Å². The molecule has 0 bridgehead atoms. The summed E-state index contributed by atoms with van der Waals surface area (Å²) < 4.78 is 1.36. The third-order valence-electron chi connectivity index (χ3n) is 5.67. The second-order valence-corrected chi connectivity index (χ2v) is 7.72. The highest BCUT2D eigenvalue weighted by molar-refractivity contribution is 6.31. The molecule has 0 radical (unpaired) electrons. The normalized spacial score (nSPS) is 16.9. The molecule has 1 atom stereocenters. The maximum Gasteiger partial charge on any atom is 0.329 e. The molecule has 0 fully saturated rings. The predicted octanol–water partition coefficient (Wildman–Crippen LogP) is 3.20. The Morgan fingerprint density at radius 3 is 2.48 bits per heavy atom. The number of nitrogens with zero attached hydrogens (tertiary/aromatic N) is 1. The summed E-state index contributed by atoms with van der Waals surface area (Å²) in [4.78, 5) is 40.8. The Labute approximate surface area is 170 Å². The average Bonchev–Trinajstić information content (AvgIpc) is 2.99. The zero-order valence-electron chi connectivity index (χ0n) is 15.7. The summed E-state index contributed by atoms with van der Waals surface area (Å²) in [6.07, 6.45) is 0. The van der Waals surface area contributed by atoms with E-state index in [-0.39, 0.29) is 5.78 Å². The van der Waals surface area contributed by atoms with E-state index in [1.165, 1.54) is 4.57 Å². The molecule has 0 amide bonds. The van der Waals surface area contributed by atoms with Crippen LogP contribution in [0, 0.1) is 6.92 Å². The van der Waals surface area contributed by atoms with Crippen LogP contribution in [0.4, 0.5) is 5.82 Å². The van der Waals surface area contributed by atoms with Gasteiger partial charge >= 0.3 is 5.69 Å². The van der Waals surface area contributed by atoms with E-state index in [9.17, 15) is 14.4 Å². The van der Waals surface area contributed by atoms with E-state index < -0.39 is 17.2 Å². The summed E-state index contributed by atoms with van der Waals surface area (Å²) in [5.74, 6) is -0.401. The molecule has 2 aliphatic rings. The molecule has 2 aromatic carbocycles. The number of halogens is 1. The molecule has 2 N–H and O–H groups in total. The van der Waals surface area contributed by atoms with Gasteiger partial charge in [-0.25, -0.2) is 4.79 Å². The first-order valence-corrected chi connectivity index (χ1v) is 9.51. The zero-order valence-corrected chi connectivity index (χ0v) is 16.4. The molecule has 0 spiro atoms. The van der Waals surface area contributed by atoms with Crippen LogP contribution >= 0.6 is 11.6 Å². The minimum absolute atomic E-state index is 0.135. The van der Waals surface area contributed by atoms with Gasteiger partial charge in [-0.15, -0.1) is 0 Å². The lowest BCUT2D eigenvalue weighted by atomic mass is 9.81. The molecule has 2 heterocycles. The van der Waals surface area contributed by atoms with Crippen LogP contribution in [0.3, 0.4) is 0 Å². The topological polar surface area (TPSA) is 84.0 Å². The summed E-state index contributed by atoms with van der Waals surface area (Å²) >= 11 is 6.37. The minimum Gasteiger partial charge on any atom is -0.340 e. The van der Waals surface area contributed by atoms with E-state index in [1.54, 1.807) is 19.2 Å². The number of benzene rings is 2. The second-order valence-electron chi connectivity index (χ2n) is 7.31. The Hall–Kier alpha value is -3.38. The van der Waals surface area contributed by atoms with Crippen LogP contribution < -0.4 is 16.6 Å². The van der Waals surface area contributed by atoms with Gasteiger partial charge in [-0.2, -0.15) is 0 Å². The molecule has 29 heavy (non-hydrogen) atoms. The highest BCUT2D eigenvalue weighted by Crippen LogP contribution is 2.48. The number of carbonyl (C=O) groups is 1. The average molecular weight is 406 g/mol. The lowest BCUT2D eigenvalue weighted by Crippen LogP contribution is -2.37.